The number of hydrogen-bond acceptors (Lipinski definition) is 6. The van der Waals surface area contributed by atoms with Crippen LogP contribution in [0.2, 0.25) is 0 Å². The number of benzene rings is 2. The third kappa shape index (κ3) is 6.16. The van der Waals surface area contributed by atoms with Crippen molar-refractivity contribution in [1.82, 2.24) is 15.5 Å². The number of aryl methyl sites for hydroxylation is 4. The molecule has 0 aliphatic heterocycles. The molecule has 3 rings (SSSR count). The zero-order valence-corrected chi connectivity index (χ0v) is 18.8. The van der Waals surface area contributed by atoms with Crippen LogP contribution in [0.25, 0.3) is 11.4 Å². The summed E-state index contributed by atoms with van der Waals surface area (Å²) in [5.74, 6) is 1.04. The summed E-state index contributed by atoms with van der Waals surface area (Å²) in [7, 11) is 0. The molecule has 32 heavy (non-hydrogen) atoms. The Labute approximate surface area is 187 Å². The summed E-state index contributed by atoms with van der Waals surface area (Å²) in [4.78, 5) is 28.7. The maximum absolute atomic E-state index is 12.2. The number of anilines is 1. The highest BCUT2D eigenvalue weighted by Crippen LogP contribution is 2.22. The summed E-state index contributed by atoms with van der Waals surface area (Å²) in [6, 6.07) is 11.4. The van der Waals surface area contributed by atoms with Gasteiger partial charge in [0.25, 0.3) is 0 Å². The van der Waals surface area contributed by atoms with Gasteiger partial charge in [0.05, 0.1) is 13.2 Å². The summed E-state index contributed by atoms with van der Waals surface area (Å²) in [5.41, 5.74) is 4.69. The van der Waals surface area contributed by atoms with Crippen molar-refractivity contribution in [2.75, 3.05) is 18.5 Å². The van der Waals surface area contributed by atoms with E-state index in [1.807, 2.05) is 64.1 Å². The number of aromatic nitrogens is 2. The lowest BCUT2D eigenvalue weighted by molar-refractivity contribution is -0.124. The number of carbonyl (C=O) groups excluding carboxylic acids is 2. The monoisotopic (exact) mass is 436 g/mol. The summed E-state index contributed by atoms with van der Waals surface area (Å²) in [6.07, 6.45) is 0.425. The van der Waals surface area contributed by atoms with Gasteiger partial charge in [-0.2, -0.15) is 4.98 Å². The maximum Gasteiger partial charge on any atom is 0.243 e. The van der Waals surface area contributed by atoms with E-state index in [9.17, 15) is 9.59 Å². The second-order valence-electron chi connectivity index (χ2n) is 7.57. The van der Waals surface area contributed by atoms with Crippen LogP contribution >= 0.6 is 0 Å². The van der Waals surface area contributed by atoms with Gasteiger partial charge in [0.15, 0.2) is 0 Å². The van der Waals surface area contributed by atoms with Gasteiger partial charge in [0.2, 0.25) is 23.5 Å². The smallest absolute Gasteiger partial charge is 0.243 e. The number of carbonyl (C=O) groups is 2. The molecule has 0 saturated heterocycles. The number of ether oxygens (including phenoxy) is 1. The van der Waals surface area contributed by atoms with Gasteiger partial charge in [-0.05, 0) is 63.1 Å². The van der Waals surface area contributed by atoms with Crippen molar-refractivity contribution in [2.24, 2.45) is 0 Å². The van der Waals surface area contributed by atoms with E-state index in [0.29, 0.717) is 18.3 Å². The molecule has 1 heterocycles. The Morgan fingerprint density at radius 2 is 1.72 bits per heavy atom. The Hall–Kier alpha value is -3.68. The molecule has 8 heteroatoms. The number of nitrogens with zero attached hydrogens (tertiary/aromatic N) is 2. The second kappa shape index (κ2) is 10.6. The number of nitrogens with one attached hydrogen (secondary N) is 2. The summed E-state index contributed by atoms with van der Waals surface area (Å²) in [5, 5.41) is 9.45. The van der Waals surface area contributed by atoms with Crippen molar-refractivity contribution in [3.05, 3.63) is 59.0 Å². The predicted molar refractivity (Wildman–Crippen MR) is 122 cm³/mol. The van der Waals surface area contributed by atoms with Crippen LogP contribution in [-0.4, -0.2) is 35.1 Å². The fourth-order valence-electron chi connectivity index (χ4n) is 3.39. The Kier molecular flexibility index (Phi) is 7.59. The molecule has 0 atom stereocenters. The van der Waals surface area contributed by atoms with Crippen molar-refractivity contribution in [3.63, 3.8) is 0 Å². The number of amides is 2. The Morgan fingerprint density at radius 1 is 1.03 bits per heavy atom. The van der Waals surface area contributed by atoms with Crippen molar-refractivity contribution in [2.45, 2.75) is 40.5 Å². The lowest BCUT2D eigenvalue weighted by atomic mass is 10.1. The van der Waals surface area contributed by atoms with Crippen molar-refractivity contribution < 1.29 is 18.8 Å². The third-order valence-electron chi connectivity index (χ3n) is 4.85. The molecule has 0 fully saturated rings. The Morgan fingerprint density at radius 3 is 2.38 bits per heavy atom. The molecule has 0 aliphatic rings. The molecule has 0 aliphatic carbocycles. The lowest BCUT2D eigenvalue weighted by Gasteiger charge is -2.13. The first-order valence-electron chi connectivity index (χ1n) is 10.6. The SMILES string of the molecule is CCOc1ccc(-c2noc(CCC(=O)NCC(=O)Nc3c(C)cc(C)cc3C)n2)cc1. The topological polar surface area (TPSA) is 106 Å². The fraction of sp³-hybridized carbons (Fsp3) is 0.333. The summed E-state index contributed by atoms with van der Waals surface area (Å²) < 4.78 is 10.7. The minimum absolute atomic E-state index is 0.104. The highest BCUT2D eigenvalue weighted by molar-refractivity contribution is 5.95. The van der Waals surface area contributed by atoms with E-state index in [1.165, 1.54) is 0 Å². The molecule has 0 unspecified atom stereocenters. The van der Waals surface area contributed by atoms with E-state index in [0.717, 1.165) is 33.7 Å². The molecule has 0 radical (unpaired) electrons. The van der Waals surface area contributed by atoms with E-state index in [1.54, 1.807) is 0 Å². The number of rotatable bonds is 9. The molecule has 2 N–H and O–H groups in total. The van der Waals surface area contributed by atoms with Gasteiger partial charge in [-0.3, -0.25) is 9.59 Å². The maximum atomic E-state index is 12.2. The zero-order valence-electron chi connectivity index (χ0n) is 18.8. The molecular weight excluding hydrogens is 408 g/mol. The highest BCUT2D eigenvalue weighted by atomic mass is 16.5. The predicted octanol–water partition coefficient (Wildman–Crippen LogP) is 3.75. The minimum Gasteiger partial charge on any atom is -0.494 e. The van der Waals surface area contributed by atoms with Gasteiger partial charge in [-0.25, -0.2) is 0 Å². The number of hydrogen-bond donors (Lipinski definition) is 2. The molecule has 2 aromatic carbocycles. The average Bonchev–Trinajstić information content (AvgIpc) is 3.23. The largest absolute Gasteiger partial charge is 0.494 e. The first kappa shape index (κ1) is 23.0. The fourth-order valence-corrected chi connectivity index (χ4v) is 3.39. The summed E-state index contributed by atoms with van der Waals surface area (Å²) in [6.45, 7) is 8.32. The molecule has 0 bridgehead atoms. The second-order valence-corrected chi connectivity index (χ2v) is 7.57. The highest BCUT2D eigenvalue weighted by Gasteiger charge is 2.13. The van der Waals surface area contributed by atoms with Gasteiger partial charge in [0.1, 0.15) is 5.75 Å². The van der Waals surface area contributed by atoms with Crippen LogP contribution in [0.1, 0.15) is 35.9 Å². The van der Waals surface area contributed by atoms with E-state index in [-0.39, 0.29) is 31.2 Å². The van der Waals surface area contributed by atoms with Crippen molar-refractivity contribution in [3.8, 4) is 17.1 Å². The molecule has 0 spiro atoms. The first-order chi connectivity index (χ1) is 15.4. The summed E-state index contributed by atoms with van der Waals surface area (Å²) >= 11 is 0. The molecule has 8 nitrogen and oxygen atoms in total. The van der Waals surface area contributed by atoms with Gasteiger partial charge in [-0.15, -0.1) is 0 Å². The molecule has 2 amide bonds. The van der Waals surface area contributed by atoms with Gasteiger partial charge in [0, 0.05) is 24.1 Å². The zero-order chi connectivity index (χ0) is 23.1. The molecule has 1 aromatic heterocycles. The van der Waals surface area contributed by atoms with Crippen LogP contribution in [0.4, 0.5) is 5.69 Å². The minimum atomic E-state index is -0.274. The molecule has 3 aromatic rings. The molecule has 168 valence electrons. The van der Waals surface area contributed by atoms with E-state index in [4.69, 9.17) is 9.26 Å². The molecular formula is C24H28N4O4. The van der Waals surface area contributed by atoms with Gasteiger partial charge < -0.3 is 19.9 Å². The lowest BCUT2D eigenvalue weighted by Crippen LogP contribution is -2.33. The van der Waals surface area contributed by atoms with E-state index < -0.39 is 0 Å². The van der Waals surface area contributed by atoms with Gasteiger partial charge in [-0.1, -0.05) is 22.9 Å². The van der Waals surface area contributed by atoms with Crippen LogP contribution in [0.3, 0.4) is 0 Å². The standard InChI is InChI=1S/C24H28N4O4/c1-5-31-19-8-6-18(7-9-19)24-27-22(32-28-24)11-10-20(29)25-14-21(30)26-23-16(3)12-15(2)13-17(23)4/h6-9,12-13H,5,10-11,14H2,1-4H3,(H,25,29)(H,26,30). The Balaban J connectivity index is 1.46. The quantitative estimate of drug-likeness (QED) is 0.529. The van der Waals surface area contributed by atoms with E-state index >= 15 is 0 Å². The van der Waals surface area contributed by atoms with Crippen LogP contribution in [0, 0.1) is 20.8 Å². The van der Waals surface area contributed by atoms with Crippen molar-refractivity contribution in [1.29, 1.82) is 0 Å². The van der Waals surface area contributed by atoms with Crippen LogP contribution in [0.15, 0.2) is 40.9 Å². The normalized spacial score (nSPS) is 10.6. The molecule has 0 saturated carbocycles. The third-order valence-corrected chi connectivity index (χ3v) is 4.85. The van der Waals surface area contributed by atoms with Crippen LogP contribution in [0.5, 0.6) is 5.75 Å². The first-order valence-corrected chi connectivity index (χ1v) is 10.6. The van der Waals surface area contributed by atoms with Crippen molar-refractivity contribution >= 4 is 17.5 Å². The van der Waals surface area contributed by atoms with Crippen LogP contribution < -0.4 is 15.4 Å². The average molecular weight is 437 g/mol. The van der Waals surface area contributed by atoms with Crippen LogP contribution in [-0.2, 0) is 16.0 Å². The Bertz CT molecular complexity index is 1070. The van der Waals surface area contributed by atoms with E-state index in [2.05, 4.69) is 20.8 Å². The van der Waals surface area contributed by atoms with Gasteiger partial charge >= 0.3 is 0 Å².